The van der Waals surface area contributed by atoms with Crippen LogP contribution >= 0.6 is 0 Å². The molecule has 0 spiro atoms. The Hall–Kier alpha value is -2.23. The summed E-state index contributed by atoms with van der Waals surface area (Å²) in [6, 6.07) is 9.73. The predicted molar refractivity (Wildman–Crippen MR) is 108 cm³/mol. The Morgan fingerprint density at radius 3 is 2.52 bits per heavy atom. The summed E-state index contributed by atoms with van der Waals surface area (Å²) in [4.78, 5) is 25.0. The standard InChI is InChI=1S/C23H30N2O2/c1-15(2)14-25-23(27)13-20-11-17(5-10-21(20)24-25)12-22(26)19-8-6-18(7-9-19)16(3)4/h6-9,13,15-17H,5,10-12,14H2,1-4H3. The van der Waals surface area contributed by atoms with E-state index in [2.05, 4.69) is 44.9 Å². The van der Waals surface area contributed by atoms with E-state index >= 15 is 0 Å². The van der Waals surface area contributed by atoms with Gasteiger partial charge in [0.25, 0.3) is 5.56 Å². The predicted octanol–water partition coefficient (Wildman–Crippen LogP) is 4.40. The Morgan fingerprint density at radius 1 is 1.19 bits per heavy atom. The van der Waals surface area contributed by atoms with Crippen molar-refractivity contribution in [3.63, 3.8) is 0 Å². The maximum atomic E-state index is 12.7. The van der Waals surface area contributed by atoms with Crippen LogP contribution in [-0.2, 0) is 19.4 Å². The number of rotatable bonds is 6. The van der Waals surface area contributed by atoms with E-state index in [9.17, 15) is 9.59 Å². The second-order valence-corrected chi connectivity index (χ2v) is 8.54. The number of hydrogen-bond donors (Lipinski definition) is 0. The lowest BCUT2D eigenvalue weighted by Gasteiger charge is -2.24. The van der Waals surface area contributed by atoms with Crippen molar-refractivity contribution < 1.29 is 4.79 Å². The quantitative estimate of drug-likeness (QED) is 0.712. The minimum Gasteiger partial charge on any atom is -0.294 e. The molecule has 0 fully saturated rings. The van der Waals surface area contributed by atoms with Crippen LogP contribution in [0.3, 0.4) is 0 Å². The van der Waals surface area contributed by atoms with E-state index in [1.54, 1.807) is 10.7 Å². The number of Topliss-reactive ketones (excluding diaryl/α,β-unsaturated/α-hetero) is 1. The van der Waals surface area contributed by atoms with Crippen molar-refractivity contribution in [1.82, 2.24) is 9.78 Å². The third-order valence-electron chi connectivity index (χ3n) is 5.37. The van der Waals surface area contributed by atoms with E-state index in [-0.39, 0.29) is 17.3 Å². The summed E-state index contributed by atoms with van der Waals surface area (Å²) >= 11 is 0. The maximum Gasteiger partial charge on any atom is 0.267 e. The average molecular weight is 367 g/mol. The largest absolute Gasteiger partial charge is 0.294 e. The molecule has 1 aliphatic carbocycles. The van der Waals surface area contributed by atoms with E-state index in [4.69, 9.17) is 0 Å². The van der Waals surface area contributed by atoms with Gasteiger partial charge in [0.15, 0.2) is 5.78 Å². The van der Waals surface area contributed by atoms with Crippen molar-refractivity contribution in [2.45, 2.75) is 65.8 Å². The van der Waals surface area contributed by atoms with E-state index in [1.165, 1.54) is 5.56 Å². The van der Waals surface area contributed by atoms with Gasteiger partial charge in [-0.3, -0.25) is 9.59 Å². The molecule has 0 radical (unpaired) electrons. The van der Waals surface area contributed by atoms with Crippen molar-refractivity contribution in [3.8, 4) is 0 Å². The first-order valence-electron chi connectivity index (χ1n) is 10.1. The van der Waals surface area contributed by atoms with E-state index in [0.29, 0.717) is 24.8 Å². The van der Waals surface area contributed by atoms with Gasteiger partial charge in [0.2, 0.25) is 0 Å². The van der Waals surface area contributed by atoms with E-state index < -0.39 is 0 Å². The van der Waals surface area contributed by atoms with Gasteiger partial charge >= 0.3 is 0 Å². The van der Waals surface area contributed by atoms with Crippen LogP contribution in [0.1, 0.15) is 73.6 Å². The van der Waals surface area contributed by atoms with Crippen LogP contribution in [0.2, 0.25) is 0 Å². The fraction of sp³-hybridized carbons (Fsp3) is 0.522. The first-order chi connectivity index (χ1) is 12.8. The van der Waals surface area contributed by atoms with Gasteiger partial charge in [0.1, 0.15) is 0 Å². The normalized spacial score (nSPS) is 16.6. The molecule has 2 aromatic rings. The first-order valence-corrected chi connectivity index (χ1v) is 10.1. The zero-order chi connectivity index (χ0) is 19.6. The number of benzene rings is 1. The number of hydrogen-bond acceptors (Lipinski definition) is 3. The first kappa shape index (κ1) is 19.5. The van der Waals surface area contributed by atoms with Crippen molar-refractivity contribution in [2.24, 2.45) is 11.8 Å². The number of nitrogens with zero attached hydrogens (tertiary/aromatic N) is 2. The number of carbonyl (C=O) groups is 1. The lowest BCUT2D eigenvalue weighted by atomic mass is 9.83. The maximum absolute atomic E-state index is 12.7. The minimum absolute atomic E-state index is 0.0290. The Bertz CT molecular complexity index is 863. The summed E-state index contributed by atoms with van der Waals surface area (Å²) in [6.45, 7) is 9.13. The summed E-state index contributed by atoms with van der Waals surface area (Å²) < 4.78 is 1.59. The summed E-state index contributed by atoms with van der Waals surface area (Å²) in [5, 5.41) is 4.57. The van der Waals surface area contributed by atoms with Gasteiger partial charge in [-0.25, -0.2) is 4.68 Å². The van der Waals surface area contributed by atoms with E-state index in [1.807, 2.05) is 12.1 Å². The van der Waals surface area contributed by atoms with Crippen molar-refractivity contribution in [2.75, 3.05) is 0 Å². The van der Waals surface area contributed by atoms with Crippen LogP contribution < -0.4 is 5.56 Å². The van der Waals surface area contributed by atoms with E-state index in [0.717, 1.165) is 36.1 Å². The van der Waals surface area contributed by atoms with Crippen molar-refractivity contribution >= 4 is 5.78 Å². The molecule has 4 nitrogen and oxygen atoms in total. The highest BCUT2D eigenvalue weighted by Gasteiger charge is 2.24. The number of aryl methyl sites for hydroxylation is 1. The molecule has 3 rings (SSSR count). The summed E-state index contributed by atoms with van der Waals surface area (Å²) in [7, 11) is 0. The fourth-order valence-corrected chi connectivity index (χ4v) is 3.79. The summed E-state index contributed by atoms with van der Waals surface area (Å²) in [6.07, 6.45) is 3.11. The molecule has 0 N–H and O–H groups in total. The molecular formula is C23H30N2O2. The Labute approximate surface area is 161 Å². The van der Waals surface area contributed by atoms with Crippen LogP contribution in [0, 0.1) is 11.8 Å². The molecule has 1 aromatic carbocycles. The number of fused-ring (bicyclic) bond motifs is 1. The molecule has 4 heteroatoms. The highest BCUT2D eigenvalue weighted by Crippen LogP contribution is 2.27. The van der Waals surface area contributed by atoms with Gasteiger partial charge in [-0.2, -0.15) is 5.10 Å². The molecule has 1 heterocycles. The molecule has 144 valence electrons. The molecule has 0 amide bonds. The van der Waals surface area contributed by atoms with Crippen molar-refractivity contribution in [3.05, 3.63) is 63.1 Å². The van der Waals surface area contributed by atoms with Gasteiger partial charge in [-0.1, -0.05) is 52.0 Å². The molecule has 27 heavy (non-hydrogen) atoms. The number of aromatic nitrogens is 2. The zero-order valence-corrected chi connectivity index (χ0v) is 16.9. The SMILES string of the molecule is CC(C)Cn1nc2c(cc1=O)CC(CC(=O)c1ccc(C(C)C)cc1)CC2. The smallest absolute Gasteiger partial charge is 0.267 e. The summed E-state index contributed by atoms with van der Waals surface area (Å²) in [5.41, 5.74) is 4.07. The molecular weight excluding hydrogens is 336 g/mol. The Morgan fingerprint density at radius 2 is 1.89 bits per heavy atom. The third-order valence-corrected chi connectivity index (χ3v) is 5.37. The van der Waals surface area contributed by atoms with Gasteiger partial charge in [0.05, 0.1) is 5.69 Å². The van der Waals surface area contributed by atoms with Crippen LogP contribution in [0.4, 0.5) is 0 Å². The van der Waals surface area contributed by atoms with Gasteiger partial charge in [0, 0.05) is 24.6 Å². The molecule has 1 aliphatic rings. The molecule has 0 saturated heterocycles. The molecule has 0 aliphatic heterocycles. The van der Waals surface area contributed by atoms with Crippen LogP contribution in [-0.4, -0.2) is 15.6 Å². The molecule has 1 aromatic heterocycles. The van der Waals surface area contributed by atoms with Crippen LogP contribution in [0.5, 0.6) is 0 Å². The van der Waals surface area contributed by atoms with Gasteiger partial charge in [-0.05, 0) is 48.1 Å². The van der Waals surface area contributed by atoms with Gasteiger partial charge in [-0.15, -0.1) is 0 Å². The third kappa shape index (κ3) is 4.74. The second kappa shape index (κ2) is 8.20. The highest BCUT2D eigenvalue weighted by molar-refractivity contribution is 5.96. The monoisotopic (exact) mass is 366 g/mol. The zero-order valence-electron chi connectivity index (χ0n) is 16.9. The second-order valence-electron chi connectivity index (χ2n) is 8.54. The minimum atomic E-state index is -0.0290. The fourth-order valence-electron chi connectivity index (χ4n) is 3.79. The Kier molecular flexibility index (Phi) is 5.93. The summed E-state index contributed by atoms with van der Waals surface area (Å²) in [5.74, 6) is 1.34. The molecule has 1 atom stereocenters. The molecule has 0 saturated carbocycles. The Balaban J connectivity index is 1.68. The topological polar surface area (TPSA) is 52.0 Å². The highest BCUT2D eigenvalue weighted by atomic mass is 16.1. The molecule has 1 unspecified atom stereocenters. The van der Waals surface area contributed by atoms with Crippen LogP contribution in [0.25, 0.3) is 0 Å². The average Bonchev–Trinajstić information content (AvgIpc) is 2.62. The molecule has 0 bridgehead atoms. The lowest BCUT2D eigenvalue weighted by Crippen LogP contribution is -2.29. The van der Waals surface area contributed by atoms with Gasteiger partial charge < -0.3 is 0 Å². The van der Waals surface area contributed by atoms with Crippen LogP contribution in [0.15, 0.2) is 35.1 Å². The number of ketones is 1. The lowest BCUT2D eigenvalue weighted by molar-refractivity contribution is 0.0957. The van der Waals surface area contributed by atoms with Crippen molar-refractivity contribution in [1.29, 1.82) is 0 Å². The number of carbonyl (C=O) groups excluding carboxylic acids is 1.